The van der Waals surface area contributed by atoms with Gasteiger partial charge in [-0.15, -0.1) is 0 Å². The van der Waals surface area contributed by atoms with E-state index in [0.29, 0.717) is 12.4 Å². The fourth-order valence-corrected chi connectivity index (χ4v) is 1.52. The van der Waals surface area contributed by atoms with E-state index in [2.05, 4.69) is 0 Å². The third kappa shape index (κ3) is 2.35. The average Bonchev–Trinajstić information content (AvgIpc) is 2.43. The maximum Gasteiger partial charge on any atom is 0.709 e. The SMILES string of the molecule is CC(C)c1n([B-](F)(F)F)cc[n+]1[B-](F)(F)F. The molecule has 16 heavy (non-hydrogen) atoms. The summed E-state index contributed by atoms with van der Waals surface area (Å²) in [5.74, 6) is -1.66. The Kier molecular flexibility index (Phi) is 3.04. The van der Waals surface area contributed by atoms with Crippen molar-refractivity contribution in [1.29, 1.82) is 0 Å². The molecule has 0 amide bonds. The lowest BCUT2D eigenvalue weighted by molar-refractivity contribution is -0.585. The Morgan fingerprint density at radius 3 is 1.94 bits per heavy atom. The minimum Gasteiger partial charge on any atom is -0.404 e. The first-order valence-electron chi connectivity index (χ1n) is 4.57. The number of imidazole rings is 1. The molecule has 0 aliphatic heterocycles. The summed E-state index contributed by atoms with van der Waals surface area (Å²) in [6.07, 6.45) is 0.815. The molecule has 0 fully saturated rings. The monoisotopic (exact) mass is 245 g/mol. The largest absolute Gasteiger partial charge is 0.709 e. The van der Waals surface area contributed by atoms with Crippen LogP contribution in [0.1, 0.15) is 25.6 Å². The maximum absolute atomic E-state index is 12.5. The van der Waals surface area contributed by atoms with Crippen molar-refractivity contribution in [2.75, 3.05) is 0 Å². The van der Waals surface area contributed by atoms with Crippen LogP contribution in [-0.4, -0.2) is 18.7 Å². The Hall–Kier alpha value is -1.08. The molecular formula is C6H9B2F6N2-. The normalized spacial score (nSPS) is 13.6. The summed E-state index contributed by atoms with van der Waals surface area (Å²) in [6, 6.07) is 0. The lowest BCUT2D eigenvalue weighted by atomic mass is 10.0. The summed E-state index contributed by atoms with van der Waals surface area (Å²) in [4.78, 5) is 0. The standard InChI is InChI=1S/C6H9B2F6N2/c1-5(2)6-15(7(9,10)11)3-4-16(6)8(12,13)14/h3-5H,1-2H3/q-1. The summed E-state index contributed by atoms with van der Waals surface area (Å²) >= 11 is 0. The Bertz CT molecular complexity index is 348. The van der Waals surface area contributed by atoms with Gasteiger partial charge in [0.15, 0.2) is 5.82 Å². The van der Waals surface area contributed by atoms with Crippen LogP contribution in [0.15, 0.2) is 12.4 Å². The zero-order chi connectivity index (χ0) is 12.7. The zero-order valence-corrected chi connectivity index (χ0v) is 8.55. The molecule has 0 spiro atoms. The predicted octanol–water partition coefficient (Wildman–Crippen LogP) is 2.28. The second-order valence-corrected chi connectivity index (χ2v) is 3.71. The lowest BCUT2D eigenvalue weighted by Gasteiger charge is -2.20. The molecule has 2 nitrogen and oxygen atoms in total. The van der Waals surface area contributed by atoms with Gasteiger partial charge in [0.05, 0.1) is 12.4 Å². The third-order valence-corrected chi connectivity index (χ3v) is 2.06. The first-order valence-corrected chi connectivity index (χ1v) is 4.57. The first kappa shape index (κ1) is 13.0. The molecule has 1 aromatic heterocycles. The Morgan fingerprint density at radius 2 is 1.62 bits per heavy atom. The van der Waals surface area contributed by atoms with Gasteiger partial charge < -0.3 is 34.9 Å². The molecule has 1 aromatic rings. The highest BCUT2D eigenvalue weighted by Crippen LogP contribution is 2.21. The van der Waals surface area contributed by atoms with Gasteiger partial charge in [-0.05, 0) is 0 Å². The molecular weight excluding hydrogens is 236 g/mol. The molecule has 0 saturated carbocycles. The molecule has 0 unspecified atom stereocenters. The highest BCUT2D eigenvalue weighted by atomic mass is 19.4. The summed E-state index contributed by atoms with van der Waals surface area (Å²) in [7, 11) is -11.0. The van der Waals surface area contributed by atoms with E-state index >= 15 is 0 Å². The fraction of sp³-hybridized carbons (Fsp3) is 0.500. The van der Waals surface area contributed by atoms with Crippen LogP contribution in [0.25, 0.3) is 0 Å². The minimum atomic E-state index is -5.49. The van der Waals surface area contributed by atoms with Crippen LogP contribution in [0.5, 0.6) is 0 Å². The van der Waals surface area contributed by atoms with Gasteiger partial charge >= 0.3 is 14.2 Å². The molecule has 10 heteroatoms. The number of aromatic nitrogens is 2. The Balaban J connectivity index is 3.41. The van der Waals surface area contributed by atoms with Gasteiger partial charge in [0, 0.05) is 5.92 Å². The van der Waals surface area contributed by atoms with Gasteiger partial charge in [0.2, 0.25) is 0 Å². The molecule has 0 saturated heterocycles. The van der Waals surface area contributed by atoms with Crippen molar-refractivity contribution in [2.24, 2.45) is 0 Å². The van der Waals surface area contributed by atoms with Gasteiger partial charge in [0.1, 0.15) is 0 Å². The molecule has 0 aromatic carbocycles. The Morgan fingerprint density at radius 1 is 1.12 bits per heavy atom. The van der Waals surface area contributed by atoms with Crippen molar-refractivity contribution in [3.05, 3.63) is 18.2 Å². The number of rotatable bonds is 3. The summed E-state index contributed by atoms with van der Waals surface area (Å²) in [5, 5.41) is 0. The second-order valence-electron chi connectivity index (χ2n) is 3.71. The van der Waals surface area contributed by atoms with Crippen molar-refractivity contribution >= 4 is 14.2 Å². The van der Waals surface area contributed by atoms with E-state index in [1.807, 2.05) is 0 Å². The number of halogens is 6. The zero-order valence-electron chi connectivity index (χ0n) is 8.55. The molecule has 0 bridgehead atoms. The summed E-state index contributed by atoms with van der Waals surface area (Å²) in [6.45, 7) is 2.57. The second kappa shape index (κ2) is 3.74. The van der Waals surface area contributed by atoms with Crippen LogP contribution < -0.4 is 4.48 Å². The smallest absolute Gasteiger partial charge is 0.404 e. The van der Waals surface area contributed by atoms with Crippen molar-refractivity contribution in [2.45, 2.75) is 19.8 Å². The van der Waals surface area contributed by atoms with Crippen LogP contribution in [0.3, 0.4) is 0 Å². The fourth-order valence-electron chi connectivity index (χ4n) is 1.52. The van der Waals surface area contributed by atoms with E-state index in [9.17, 15) is 25.9 Å². The molecule has 0 radical (unpaired) electrons. The number of hydrogen-bond acceptors (Lipinski definition) is 0. The van der Waals surface area contributed by atoms with Gasteiger partial charge in [-0.3, -0.25) is 0 Å². The van der Waals surface area contributed by atoms with Gasteiger partial charge in [-0.25, -0.2) is 0 Å². The highest BCUT2D eigenvalue weighted by Gasteiger charge is 2.44. The molecule has 1 heterocycles. The van der Waals surface area contributed by atoms with Crippen molar-refractivity contribution in [3.63, 3.8) is 0 Å². The highest BCUT2D eigenvalue weighted by molar-refractivity contribution is 6.57. The quantitative estimate of drug-likeness (QED) is 0.570. The van der Waals surface area contributed by atoms with E-state index in [4.69, 9.17) is 0 Å². The van der Waals surface area contributed by atoms with Crippen molar-refractivity contribution < 1.29 is 30.4 Å². The topological polar surface area (TPSA) is 8.81 Å². The van der Waals surface area contributed by atoms with E-state index in [-0.39, 0.29) is 8.96 Å². The number of nitrogens with zero attached hydrogens (tertiary/aromatic N) is 2. The van der Waals surface area contributed by atoms with Gasteiger partial charge in [-0.2, -0.15) is 0 Å². The predicted molar refractivity (Wildman–Crippen MR) is 47.7 cm³/mol. The molecule has 1 rings (SSSR count). The van der Waals surface area contributed by atoms with E-state index < -0.39 is 26.0 Å². The van der Waals surface area contributed by atoms with Gasteiger partial charge in [0.25, 0.3) is 0 Å². The molecule has 0 atom stereocenters. The number of hydrogen-bond donors (Lipinski definition) is 0. The lowest BCUT2D eigenvalue weighted by Crippen LogP contribution is -2.58. The van der Waals surface area contributed by atoms with Crippen LogP contribution in [-0.2, 0) is 0 Å². The Labute approximate surface area is 88.0 Å². The summed E-state index contributed by atoms with van der Waals surface area (Å²) < 4.78 is 74.3. The molecule has 0 aliphatic carbocycles. The van der Waals surface area contributed by atoms with Crippen LogP contribution in [0.4, 0.5) is 25.9 Å². The third-order valence-electron chi connectivity index (χ3n) is 2.06. The average molecular weight is 245 g/mol. The maximum atomic E-state index is 12.5. The van der Waals surface area contributed by atoms with Crippen molar-refractivity contribution in [1.82, 2.24) is 4.48 Å². The molecule has 92 valence electrons. The minimum absolute atomic E-state index is 0.250. The van der Waals surface area contributed by atoms with Gasteiger partial charge in [-0.1, -0.05) is 13.8 Å². The van der Waals surface area contributed by atoms with E-state index in [1.54, 1.807) is 0 Å². The van der Waals surface area contributed by atoms with E-state index in [1.165, 1.54) is 13.8 Å². The summed E-state index contributed by atoms with van der Waals surface area (Å²) in [5.41, 5.74) is 0. The molecule has 0 aliphatic rings. The van der Waals surface area contributed by atoms with Crippen molar-refractivity contribution in [3.8, 4) is 0 Å². The first-order chi connectivity index (χ1) is 7.05. The van der Waals surface area contributed by atoms with Crippen LogP contribution in [0.2, 0.25) is 0 Å². The van der Waals surface area contributed by atoms with Crippen LogP contribution >= 0.6 is 0 Å². The molecule has 0 N–H and O–H groups in total. The van der Waals surface area contributed by atoms with Crippen LogP contribution in [0, 0.1) is 0 Å². The van der Waals surface area contributed by atoms with E-state index in [0.717, 1.165) is 0 Å².